The molecule has 0 amide bonds. The minimum absolute atomic E-state index is 0.134. The number of pyridine rings is 1. The molecule has 1 heterocycles. The molecule has 0 saturated heterocycles. The number of aromatic hydroxyl groups is 1. The molecule has 3 N–H and O–H groups in total. The third-order valence-electron chi connectivity index (χ3n) is 2.91. The smallest absolute Gasteiger partial charge is 0.142 e. The first-order valence-electron chi connectivity index (χ1n) is 5.88. The minimum atomic E-state index is -0.134. The Morgan fingerprint density at radius 3 is 2.58 bits per heavy atom. The third kappa shape index (κ3) is 3.36. The first kappa shape index (κ1) is 14.1. The maximum Gasteiger partial charge on any atom is 0.142 e. The van der Waals surface area contributed by atoms with E-state index in [4.69, 9.17) is 0 Å². The van der Waals surface area contributed by atoms with E-state index in [1.165, 1.54) is 3.57 Å². The average Bonchev–Trinajstić information content (AvgIpc) is 2.42. The molecule has 0 aliphatic rings. The van der Waals surface area contributed by atoms with Crippen LogP contribution in [0.3, 0.4) is 0 Å². The van der Waals surface area contributed by atoms with Crippen molar-refractivity contribution in [3.63, 3.8) is 0 Å². The number of hydrogen-bond donors (Lipinski definition) is 3. The van der Waals surface area contributed by atoms with Crippen LogP contribution in [0.15, 0.2) is 30.5 Å². The fourth-order valence-corrected chi connectivity index (χ4v) is 2.14. The molecule has 0 saturated carbocycles. The second-order valence-electron chi connectivity index (χ2n) is 4.21. The summed E-state index contributed by atoms with van der Waals surface area (Å²) in [7, 11) is 0. The second kappa shape index (κ2) is 6.21. The van der Waals surface area contributed by atoms with Gasteiger partial charge >= 0.3 is 0 Å². The predicted molar refractivity (Wildman–Crippen MR) is 83.0 cm³/mol. The van der Waals surface area contributed by atoms with Crippen LogP contribution in [0.25, 0.3) is 0 Å². The van der Waals surface area contributed by atoms with Crippen LogP contribution >= 0.6 is 22.6 Å². The van der Waals surface area contributed by atoms with Gasteiger partial charge in [0.2, 0.25) is 0 Å². The Bertz CT molecular complexity index is 570. The number of anilines is 1. The SMILES string of the molecule is Cc1ncc(CO)c(CNc2ccc(I)cc2)c1O. The number of aliphatic hydroxyl groups excluding tert-OH is 1. The number of nitrogens with one attached hydrogen (secondary N) is 1. The van der Waals surface area contributed by atoms with Gasteiger partial charge in [-0.15, -0.1) is 0 Å². The van der Waals surface area contributed by atoms with Gasteiger partial charge in [0.1, 0.15) is 5.75 Å². The molecule has 19 heavy (non-hydrogen) atoms. The average molecular weight is 370 g/mol. The van der Waals surface area contributed by atoms with E-state index in [-0.39, 0.29) is 12.4 Å². The molecule has 1 aromatic heterocycles. The van der Waals surface area contributed by atoms with E-state index < -0.39 is 0 Å². The Balaban J connectivity index is 2.19. The standard InChI is InChI=1S/C14H15IN2O2/c1-9-14(19)13(10(8-18)6-16-9)7-17-12-4-2-11(15)3-5-12/h2-6,17-19H,7-8H2,1H3. The van der Waals surface area contributed by atoms with Crippen LogP contribution in [0, 0.1) is 10.5 Å². The summed E-state index contributed by atoms with van der Waals surface area (Å²) >= 11 is 2.25. The van der Waals surface area contributed by atoms with Crippen LogP contribution in [0.4, 0.5) is 5.69 Å². The topological polar surface area (TPSA) is 65.4 Å². The number of hydrogen-bond acceptors (Lipinski definition) is 4. The summed E-state index contributed by atoms with van der Waals surface area (Å²) in [5.41, 5.74) is 2.87. The highest BCUT2D eigenvalue weighted by molar-refractivity contribution is 14.1. The second-order valence-corrected chi connectivity index (χ2v) is 5.46. The Kier molecular flexibility index (Phi) is 4.60. The van der Waals surface area contributed by atoms with Crippen LogP contribution in [0.1, 0.15) is 16.8 Å². The molecule has 0 aliphatic heterocycles. The van der Waals surface area contributed by atoms with Crippen molar-refractivity contribution in [3.05, 3.63) is 50.9 Å². The number of nitrogens with zero attached hydrogens (tertiary/aromatic N) is 1. The first-order valence-corrected chi connectivity index (χ1v) is 6.96. The molecule has 0 aliphatic carbocycles. The molecule has 4 nitrogen and oxygen atoms in total. The largest absolute Gasteiger partial charge is 0.506 e. The van der Waals surface area contributed by atoms with Gasteiger partial charge in [-0.05, 0) is 53.8 Å². The molecule has 0 atom stereocenters. The summed E-state index contributed by atoms with van der Waals surface area (Å²) in [4.78, 5) is 4.04. The Morgan fingerprint density at radius 1 is 1.26 bits per heavy atom. The van der Waals surface area contributed by atoms with Crippen molar-refractivity contribution in [1.29, 1.82) is 0 Å². The first-order chi connectivity index (χ1) is 9.11. The monoisotopic (exact) mass is 370 g/mol. The van der Waals surface area contributed by atoms with Crippen molar-refractivity contribution in [1.82, 2.24) is 4.98 Å². The molecule has 0 bridgehead atoms. The van der Waals surface area contributed by atoms with Crippen LogP contribution in [-0.2, 0) is 13.2 Å². The zero-order valence-electron chi connectivity index (χ0n) is 10.5. The number of rotatable bonds is 4. The zero-order chi connectivity index (χ0) is 13.8. The van der Waals surface area contributed by atoms with E-state index >= 15 is 0 Å². The molecule has 2 aromatic rings. The van der Waals surface area contributed by atoms with Gasteiger partial charge in [-0.1, -0.05) is 0 Å². The van der Waals surface area contributed by atoms with Gasteiger partial charge in [-0.25, -0.2) is 0 Å². The van der Waals surface area contributed by atoms with Crippen LogP contribution in [0.5, 0.6) is 5.75 Å². The number of aryl methyl sites for hydroxylation is 1. The highest BCUT2D eigenvalue weighted by atomic mass is 127. The lowest BCUT2D eigenvalue weighted by molar-refractivity contribution is 0.279. The molecule has 5 heteroatoms. The third-order valence-corrected chi connectivity index (χ3v) is 3.63. The molecule has 0 radical (unpaired) electrons. The molecular formula is C14H15IN2O2. The van der Waals surface area contributed by atoms with Crippen LogP contribution < -0.4 is 5.32 Å². The van der Waals surface area contributed by atoms with Crippen molar-refractivity contribution in [2.75, 3.05) is 5.32 Å². The molecule has 0 spiro atoms. The van der Waals surface area contributed by atoms with E-state index in [9.17, 15) is 10.2 Å². The minimum Gasteiger partial charge on any atom is -0.506 e. The van der Waals surface area contributed by atoms with Gasteiger partial charge in [0.25, 0.3) is 0 Å². The van der Waals surface area contributed by atoms with E-state index in [0.717, 1.165) is 5.69 Å². The van der Waals surface area contributed by atoms with Crippen LogP contribution in [0.2, 0.25) is 0 Å². The fourth-order valence-electron chi connectivity index (χ4n) is 1.78. The molecule has 100 valence electrons. The summed E-state index contributed by atoms with van der Waals surface area (Å²) in [6.45, 7) is 2.06. The molecular weight excluding hydrogens is 355 g/mol. The van der Waals surface area contributed by atoms with E-state index in [2.05, 4.69) is 32.9 Å². The number of aromatic nitrogens is 1. The molecule has 2 rings (SSSR count). The maximum atomic E-state index is 10.0. The van der Waals surface area contributed by atoms with Crippen molar-refractivity contribution in [2.24, 2.45) is 0 Å². The van der Waals surface area contributed by atoms with Gasteiger partial charge in [0.05, 0.1) is 12.3 Å². The molecule has 0 fully saturated rings. The van der Waals surface area contributed by atoms with Crippen molar-refractivity contribution >= 4 is 28.3 Å². The Hall–Kier alpha value is -1.34. The lowest BCUT2D eigenvalue weighted by Gasteiger charge is -2.13. The van der Waals surface area contributed by atoms with Gasteiger partial charge in [-0.2, -0.15) is 0 Å². The Morgan fingerprint density at radius 2 is 1.95 bits per heavy atom. The van der Waals surface area contributed by atoms with Crippen molar-refractivity contribution in [2.45, 2.75) is 20.1 Å². The van der Waals surface area contributed by atoms with Crippen molar-refractivity contribution in [3.8, 4) is 5.75 Å². The van der Waals surface area contributed by atoms with E-state index in [1.54, 1.807) is 13.1 Å². The van der Waals surface area contributed by atoms with E-state index in [1.807, 2.05) is 24.3 Å². The Labute approximate surface area is 125 Å². The normalized spacial score (nSPS) is 10.5. The highest BCUT2D eigenvalue weighted by Gasteiger charge is 2.10. The number of halogens is 1. The van der Waals surface area contributed by atoms with Gasteiger partial charge < -0.3 is 15.5 Å². The van der Waals surface area contributed by atoms with Crippen molar-refractivity contribution < 1.29 is 10.2 Å². The summed E-state index contributed by atoms with van der Waals surface area (Å²) < 4.78 is 1.17. The number of benzene rings is 1. The summed E-state index contributed by atoms with van der Waals surface area (Å²) in [6, 6.07) is 7.97. The number of aliphatic hydroxyl groups is 1. The van der Waals surface area contributed by atoms with Gasteiger partial charge in [0, 0.05) is 33.1 Å². The highest BCUT2D eigenvalue weighted by Crippen LogP contribution is 2.25. The van der Waals surface area contributed by atoms with Crippen LogP contribution in [-0.4, -0.2) is 15.2 Å². The summed E-state index contributed by atoms with van der Waals surface area (Å²) in [5.74, 6) is 0.143. The van der Waals surface area contributed by atoms with Gasteiger partial charge in [-0.3, -0.25) is 4.98 Å². The summed E-state index contributed by atoms with van der Waals surface area (Å²) in [5, 5.41) is 22.5. The zero-order valence-corrected chi connectivity index (χ0v) is 12.7. The van der Waals surface area contributed by atoms with E-state index in [0.29, 0.717) is 23.4 Å². The molecule has 1 aromatic carbocycles. The summed E-state index contributed by atoms with van der Waals surface area (Å²) in [6.07, 6.45) is 1.60. The maximum absolute atomic E-state index is 10.0. The quantitative estimate of drug-likeness (QED) is 0.725. The lowest BCUT2D eigenvalue weighted by atomic mass is 10.1. The van der Waals surface area contributed by atoms with Gasteiger partial charge in [0.15, 0.2) is 0 Å². The lowest BCUT2D eigenvalue weighted by Crippen LogP contribution is -2.05. The fraction of sp³-hybridized carbons (Fsp3) is 0.214. The predicted octanol–water partition coefficient (Wildman–Crippen LogP) is 2.80. The molecule has 0 unspecified atom stereocenters.